The molecule has 3 aromatic heterocycles. The van der Waals surface area contributed by atoms with Gasteiger partial charge < -0.3 is 10.6 Å². The molecule has 0 radical (unpaired) electrons. The van der Waals surface area contributed by atoms with Gasteiger partial charge in [-0.2, -0.15) is 0 Å². The van der Waals surface area contributed by atoms with Crippen molar-refractivity contribution in [3.8, 4) is 11.4 Å². The van der Waals surface area contributed by atoms with Gasteiger partial charge in [0, 0.05) is 54.9 Å². The highest BCUT2D eigenvalue weighted by atomic mass is 15.3. The summed E-state index contributed by atoms with van der Waals surface area (Å²) in [6.07, 6.45) is 3.54. The fraction of sp³-hybridized carbons (Fsp3) is 0.192. The predicted octanol–water partition coefficient (Wildman–Crippen LogP) is 3.54. The van der Waals surface area contributed by atoms with Gasteiger partial charge in [0.25, 0.3) is 0 Å². The van der Waals surface area contributed by atoms with Gasteiger partial charge >= 0.3 is 0 Å². The summed E-state index contributed by atoms with van der Waals surface area (Å²) >= 11 is 0. The zero-order valence-electron chi connectivity index (χ0n) is 18.7. The Morgan fingerprint density at radius 1 is 0.706 bits per heavy atom. The van der Waals surface area contributed by atoms with E-state index >= 15 is 0 Å². The average molecular weight is 449 g/mol. The quantitative estimate of drug-likeness (QED) is 0.446. The summed E-state index contributed by atoms with van der Waals surface area (Å²) in [6, 6.07) is 20.0. The van der Waals surface area contributed by atoms with E-state index in [1.165, 1.54) is 0 Å². The summed E-state index contributed by atoms with van der Waals surface area (Å²) in [5.41, 5.74) is 8.98. The third-order valence-corrected chi connectivity index (χ3v) is 6.24. The van der Waals surface area contributed by atoms with E-state index in [0.29, 0.717) is 12.4 Å². The smallest absolute Gasteiger partial charge is 0.162 e. The summed E-state index contributed by atoms with van der Waals surface area (Å²) in [5, 5.41) is 1.97. The molecule has 5 aromatic rings. The zero-order valence-corrected chi connectivity index (χ0v) is 18.7. The molecule has 1 fully saturated rings. The van der Waals surface area contributed by atoms with Crippen molar-refractivity contribution in [1.29, 1.82) is 0 Å². The standard InChI is InChI=1S/C26H24N8/c27-24-19-5-1-3-7-21(19)29-23(31-24)17-33-13-15-34(16-14-33)26-20-6-2-4-8-22(20)30-25(32-26)18-9-11-28-12-10-18/h1-12H,13-17H2,(H2,27,29,31). The third-order valence-electron chi connectivity index (χ3n) is 6.24. The second-order valence-electron chi connectivity index (χ2n) is 8.43. The number of nitrogens with zero attached hydrogens (tertiary/aromatic N) is 7. The Labute approximate surface area is 197 Å². The van der Waals surface area contributed by atoms with Crippen molar-refractivity contribution < 1.29 is 0 Å². The van der Waals surface area contributed by atoms with Crippen LogP contribution in [0.15, 0.2) is 73.1 Å². The minimum atomic E-state index is 0.537. The number of nitrogen functional groups attached to an aromatic ring is 1. The van der Waals surface area contributed by atoms with Crippen LogP contribution < -0.4 is 10.6 Å². The highest BCUT2D eigenvalue weighted by molar-refractivity contribution is 5.91. The molecule has 4 heterocycles. The number of para-hydroxylation sites is 2. The molecule has 6 rings (SSSR count). The summed E-state index contributed by atoms with van der Waals surface area (Å²) in [6.45, 7) is 4.17. The van der Waals surface area contributed by atoms with Crippen molar-refractivity contribution in [3.63, 3.8) is 0 Å². The SMILES string of the molecule is Nc1nc(CN2CCN(c3nc(-c4ccncc4)nc4ccccc34)CC2)nc2ccccc12. The molecule has 8 nitrogen and oxygen atoms in total. The van der Waals surface area contributed by atoms with Gasteiger partial charge in [-0.3, -0.25) is 9.88 Å². The molecule has 1 aliphatic rings. The minimum Gasteiger partial charge on any atom is -0.383 e. The lowest BCUT2D eigenvalue weighted by Crippen LogP contribution is -2.46. The number of nitrogens with two attached hydrogens (primary N) is 1. The van der Waals surface area contributed by atoms with E-state index in [0.717, 1.165) is 71.0 Å². The van der Waals surface area contributed by atoms with Gasteiger partial charge in [0.15, 0.2) is 5.82 Å². The van der Waals surface area contributed by atoms with E-state index in [1.54, 1.807) is 12.4 Å². The fourth-order valence-corrected chi connectivity index (χ4v) is 4.47. The lowest BCUT2D eigenvalue weighted by Gasteiger charge is -2.35. The molecule has 0 atom stereocenters. The lowest BCUT2D eigenvalue weighted by molar-refractivity contribution is 0.244. The molecule has 2 aromatic carbocycles. The summed E-state index contributed by atoms with van der Waals surface area (Å²) in [7, 11) is 0. The second kappa shape index (κ2) is 8.64. The molecular formula is C26H24N8. The number of piperazine rings is 1. The molecule has 0 bridgehead atoms. The molecule has 0 saturated carbocycles. The van der Waals surface area contributed by atoms with Crippen LogP contribution in [0, 0.1) is 0 Å². The van der Waals surface area contributed by atoms with Crippen LogP contribution in [0.4, 0.5) is 11.6 Å². The van der Waals surface area contributed by atoms with E-state index < -0.39 is 0 Å². The highest BCUT2D eigenvalue weighted by Gasteiger charge is 2.22. The Hall–Kier alpha value is -4.17. The van der Waals surface area contributed by atoms with Gasteiger partial charge in [-0.1, -0.05) is 24.3 Å². The zero-order chi connectivity index (χ0) is 22.9. The number of rotatable bonds is 4. The van der Waals surface area contributed by atoms with Crippen LogP contribution in [0.5, 0.6) is 0 Å². The first-order valence-corrected chi connectivity index (χ1v) is 11.4. The van der Waals surface area contributed by atoms with Crippen molar-refractivity contribution in [2.45, 2.75) is 6.54 Å². The maximum absolute atomic E-state index is 6.18. The van der Waals surface area contributed by atoms with E-state index in [4.69, 9.17) is 20.7 Å². The summed E-state index contributed by atoms with van der Waals surface area (Å²) < 4.78 is 0. The summed E-state index contributed by atoms with van der Waals surface area (Å²) in [4.78, 5) is 27.9. The van der Waals surface area contributed by atoms with Crippen LogP contribution in [-0.4, -0.2) is 56.0 Å². The maximum Gasteiger partial charge on any atom is 0.162 e. The Bertz CT molecular complexity index is 1460. The van der Waals surface area contributed by atoms with Crippen molar-refractivity contribution >= 4 is 33.4 Å². The van der Waals surface area contributed by atoms with Gasteiger partial charge in [0.1, 0.15) is 17.5 Å². The van der Waals surface area contributed by atoms with Gasteiger partial charge in [0.05, 0.1) is 17.6 Å². The van der Waals surface area contributed by atoms with Crippen LogP contribution in [0.1, 0.15) is 5.82 Å². The molecule has 34 heavy (non-hydrogen) atoms. The summed E-state index contributed by atoms with van der Waals surface area (Å²) in [5.74, 6) is 2.99. The number of fused-ring (bicyclic) bond motifs is 2. The van der Waals surface area contributed by atoms with E-state index in [-0.39, 0.29) is 0 Å². The first-order valence-electron chi connectivity index (χ1n) is 11.4. The third kappa shape index (κ3) is 3.88. The maximum atomic E-state index is 6.18. The van der Waals surface area contributed by atoms with Crippen LogP contribution in [-0.2, 0) is 6.54 Å². The topological polar surface area (TPSA) is 97.0 Å². The predicted molar refractivity (Wildman–Crippen MR) is 134 cm³/mol. The number of pyridine rings is 1. The average Bonchev–Trinajstić information content (AvgIpc) is 2.89. The van der Waals surface area contributed by atoms with Crippen LogP contribution >= 0.6 is 0 Å². The number of aromatic nitrogens is 5. The lowest BCUT2D eigenvalue weighted by atomic mass is 10.2. The molecule has 168 valence electrons. The van der Waals surface area contributed by atoms with Crippen molar-refractivity contribution in [2.24, 2.45) is 0 Å². The number of hydrogen-bond acceptors (Lipinski definition) is 8. The first-order chi connectivity index (χ1) is 16.7. The molecule has 0 amide bonds. The Morgan fingerprint density at radius 2 is 1.38 bits per heavy atom. The van der Waals surface area contributed by atoms with Gasteiger partial charge in [-0.05, 0) is 36.4 Å². The number of benzene rings is 2. The molecular weight excluding hydrogens is 424 g/mol. The first kappa shape index (κ1) is 20.4. The minimum absolute atomic E-state index is 0.537. The van der Waals surface area contributed by atoms with Crippen molar-refractivity contribution in [3.05, 3.63) is 78.9 Å². The van der Waals surface area contributed by atoms with E-state index in [1.807, 2.05) is 54.6 Å². The number of anilines is 2. The van der Waals surface area contributed by atoms with Crippen LogP contribution in [0.25, 0.3) is 33.2 Å². The number of hydrogen-bond donors (Lipinski definition) is 1. The highest BCUT2D eigenvalue weighted by Crippen LogP contribution is 2.28. The van der Waals surface area contributed by atoms with E-state index in [9.17, 15) is 0 Å². The molecule has 1 aliphatic heterocycles. The molecule has 0 spiro atoms. The van der Waals surface area contributed by atoms with Crippen molar-refractivity contribution in [1.82, 2.24) is 29.8 Å². The largest absolute Gasteiger partial charge is 0.383 e. The second-order valence-corrected chi connectivity index (χ2v) is 8.43. The molecule has 2 N–H and O–H groups in total. The Morgan fingerprint density at radius 3 is 2.15 bits per heavy atom. The van der Waals surface area contributed by atoms with Crippen LogP contribution in [0.2, 0.25) is 0 Å². The monoisotopic (exact) mass is 448 g/mol. The molecule has 1 saturated heterocycles. The van der Waals surface area contributed by atoms with Gasteiger partial charge in [-0.25, -0.2) is 19.9 Å². The normalized spacial score (nSPS) is 14.6. The van der Waals surface area contributed by atoms with E-state index in [2.05, 4.69) is 25.8 Å². The van der Waals surface area contributed by atoms with Crippen molar-refractivity contribution in [2.75, 3.05) is 36.8 Å². The Kier molecular flexibility index (Phi) is 5.20. The van der Waals surface area contributed by atoms with Gasteiger partial charge in [-0.15, -0.1) is 0 Å². The van der Waals surface area contributed by atoms with Crippen LogP contribution in [0.3, 0.4) is 0 Å². The Balaban J connectivity index is 1.24. The molecule has 0 aliphatic carbocycles. The van der Waals surface area contributed by atoms with Gasteiger partial charge in [0.2, 0.25) is 0 Å². The fourth-order valence-electron chi connectivity index (χ4n) is 4.47. The molecule has 0 unspecified atom stereocenters. The molecule has 8 heteroatoms.